The summed E-state index contributed by atoms with van der Waals surface area (Å²) in [6, 6.07) is 14.1. The molecule has 2 amide bonds. The molecule has 2 heterocycles. The van der Waals surface area contributed by atoms with Crippen molar-refractivity contribution < 1.29 is 14.3 Å². The summed E-state index contributed by atoms with van der Waals surface area (Å²) < 4.78 is 5.33. The van der Waals surface area contributed by atoms with Crippen molar-refractivity contribution in [3.8, 4) is 5.75 Å². The molecule has 1 atom stereocenters. The Morgan fingerprint density at radius 1 is 1.18 bits per heavy atom. The zero-order chi connectivity index (χ0) is 19.9. The third kappa shape index (κ3) is 2.56. The second kappa shape index (κ2) is 6.38. The van der Waals surface area contributed by atoms with Crippen LogP contribution >= 0.6 is 0 Å². The van der Waals surface area contributed by atoms with Gasteiger partial charge in [0.25, 0.3) is 11.6 Å². The van der Waals surface area contributed by atoms with Gasteiger partial charge in [-0.25, -0.2) is 14.9 Å². The molecule has 2 aromatic rings. The average molecular weight is 378 g/mol. The summed E-state index contributed by atoms with van der Waals surface area (Å²) >= 11 is 0. The van der Waals surface area contributed by atoms with Gasteiger partial charge in [0.1, 0.15) is 5.75 Å². The van der Waals surface area contributed by atoms with E-state index in [2.05, 4.69) is 20.6 Å². The summed E-state index contributed by atoms with van der Waals surface area (Å²) in [6.45, 7) is 1.32. The Kier molecular flexibility index (Phi) is 3.99. The first kappa shape index (κ1) is 17.5. The standard InChI is InChI=1S/C19H18N6O3/c1-11(26)25-14-9-5-3-7-12(14)19(16(25)27)23-17(20)22-18(24-19)21-13-8-4-6-10-15(13)28-2/h3-10H,1-2H3,(H4,20,21,22,23,24). The Morgan fingerprint density at radius 2 is 1.89 bits per heavy atom. The molecule has 0 radical (unpaired) electrons. The molecule has 0 saturated carbocycles. The van der Waals surface area contributed by atoms with Gasteiger partial charge in [-0.05, 0) is 18.2 Å². The van der Waals surface area contributed by atoms with E-state index < -0.39 is 17.5 Å². The first-order chi connectivity index (χ1) is 13.5. The predicted octanol–water partition coefficient (Wildman–Crippen LogP) is 1.13. The topological polar surface area (TPSA) is 121 Å². The summed E-state index contributed by atoms with van der Waals surface area (Å²) in [6.07, 6.45) is 0. The zero-order valence-corrected chi connectivity index (χ0v) is 15.3. The number of rotatable bonds is 2. The van der Waals surface area contributed by atoms with Gasteiger partial charge in [0, 0.05) is 12.5 Å². The van der Waals surface area contributed by atoms with Crippen molar-refractivity contribution in [3.05, 3.63) is 54.1 Å². The van der Waals surface area contributed by atoms with Crippen LogP contribution in [0.3, 0.4) is 0 Å². The fourth-order valence-electron chi connectivity index (χ4n) is 3.35. The second-order valence-electron chi connectivity index (χ2n) is 6.26. The van der Waals surface area contributed by atoms with Crippen molar-refractivity contribution in [2.45, 2.75) is 12.6 Å². The monoisotopic (exact) mass is 378 g/mol. The van der Waals surface area contributed by atoms with Gasteiger partial charge >= 0.3 is 0 Å². The number of amides is 2. The number of methoxy groups -OCH3 is 1. The summed E-state index contributed by atoms with van der Waals surface area (Å²) in [7, 11) is 1.55. The lowest BCUT2D eigenvalue weighted by atomic mass is 10.0. The third-order valence-corrected chi connectivity index (χ3v) is 4.50. The molecule has 0 saturated heterocycles. The lowest BCUT2D eigenvalue weighted by molar-refractivity contribution is -0.127. The molecule has 0 aromatic heterocycles. The van der Waals surface area contributed by atoms with Gasteiger partial charge in [-0.1, -0.05) is 30.3 Å². The quantitative estimate of drug-likeness (QED) is 0.720. The first-order valence-corrected chi connectivity index (χ1v) is 8.53. The number of ether oxygens (including phenoxy) is 1. The number of nitrogens with zero attached hydrogens (tertiary/aromatic N) is 3. The van der Waals surface area contributed by atoms with Crippen molar-refractivity contribution in [1.29, 1.82) is 0 Å². The fourth-order valence-corrected chi connectivity index (χ4v) is 3.35. The van der Waals surface area contributed by atoms with E-state index in [0.29, 0.717) is 22.7 Å². The van der Waals surface area contributed by atoms with Crippen LogP contribution in [0.15, 0.2) is 58.5 Å². The van der Waals surface area contributed by atoms with Crippen LogP contribution in [-0.2, 0) is 15.3 Å². The van der Waals surface area contributed by atoms with E-state index in [1.165, 1.54) is 6.92 Å². The van der Waals surface area contributed by atoms with E-state index >= 15 is 0 Å². The molecule has 2 aliphatic heterocycles. The summed E-state index contributed by atoms with van der Waals surface area (Å²) in [5.74, 6) is -0.196. The molecule has 1 unspecified atom stereocenters. The van der Waals surface area contributed by atoms with Gasteiger partial charge in [0.15, 0.2) is 5.96 Å². The Balaban J connectivity index is 1.83. The van der Waals surface area contributed by atoms with Gasteiger partial charge in [-0.15, -0.1) is 0 Å². The molecule has 28 heavy (non-hydrogen) atoms. The summed E-state index contributed by atoms with van der Waals surface area (Å²) in [5, 5.41) is 5.89. The minimum Gasteiger partial charge on any atom is -0.495 e. The summed E-state index contributed by atoms with van der Waals surface area (Å²) in [4.78, 5) is 35.2. The van der Waals surface area contributed by atoms with Gasteiger partial charge in [-0.3, -0.25) is 14.9 Å². The number of imide groups is 1. The number of aliphatic imine (C=N–C) groups is 2. The number of para-hydroxylation sites is 3. The second-order valence-corrected chi connectivity index (χ2v) is 6.26. The Hall–Kier alpha value is -3.88. The number of anilines is 2. The van der Waals surface area contributed by atoms with E-state index in [1.807, 2.05) is 12.1 Å². The largest absolute Gasteiger partial charge is 0.495 e. The average Bonchev–Trinajstić information content (AvgIpc) is 2.90. The molecule has 9 heteroatoms. The number of nitrogens with two attached hydrogens (primary N) is 1. The lowest BCUT2D eigenvalue weighted by Crippen LogP contribution is -2.51. The molecule has 0 aliphatic carbocycles. The van der Waals surface area contributed by atoms with Crippen LogP contribution in [0.1, 0.15) is 12.5 Å². The number of carbonyl (C=O) groups excluding carboxylic acids is 2. The maximum absolute atomic E-state index is 13.2. The van der Waals surface area contributed by atoms with Gasteiger partial charge < -0.3 is 15.8 Å². The summed E-state index contributed by atoms with van der Waals surface area (Å²) in [5.41, 5.74) is 5.87. The van der Waals surface area contributed by atoms with E-state index in [1.54, 1.807) is 43.5 Å². The van der Waals surface area contributed by atoms with Crippen molar-refractivity contribution in [3.63, 3.8) is 0 Å². The highest BCUT2D eigenvalue weighted by Gasteiger charge is 2.54. The molecule has 2 aromatic carbocycles. The normalized spacial score (nSPS) is 20.2. The van der Waals surface area contributed by atoms with Crippen LogP contribution in [0, 0.1) is 0 Å². The molecule has 2 aliphatic rings. The molecule has 0 fully saturated rings. The molecule has 4 rings (SSSR count). The highest BCUT2D eigenvalue weighted by atomic mass is 16.5. The number of hydrogen-bond donors (Lipinski definition) is 3. The SMILES string of the molecule is COc1ccccc1NC1=NC2(N=C(N)N1)C(=O)N(C(C)=O)c1ccccc12. The van der Waals surface area contributed by atoms with Crippen LogP contribution in [0.2, 0.25) is 0 Å². The predicted molar refractivity (Wildman–Crippen MR) is 105 cm³/mol. The molecular formula is C19H18N6O3. The van der Waals surface area contributed by atoms with E-state index in [-0.39, 0.29) is 11.9 Å². The van der Waals surface area contributed by atoms with Crippen molar-refractivity contribution in [2.75, 3.05) is 17.3 Å². The smallest absolute Gasteiger partial charge is 0.289 e. The van der Waals surface area contributed by atoms with E-state index in [4.69, 9.17) is 10.5 Å². The number of benzene rings is 2. The minimum atomic E-state index is -1.66. The van der Waals surface area contributed by atoms with Crippen LogP contribution in [0.4, 0.5) is 11.4 Å². The van der Waals surface area contributed by atoms with Crippen LogP contribution in [0.5, 0.6) is 5.75 Å². The lowest BCUT2D eigenvalue weighted by Gasteiger charge is -2.27. The molecular weight excluding hydrogens is 360 g/mol. The Bertz CT molecular complexity index is 1050. The molecule has 142 valence electrons. The maximum atomic E-state index is 13.2. The highest BCUT2D eigenvalue weighted by Crippen LogP contribution is 2.44. The van der Waals surface area contributed by atoms with Crippen molar-refractivity contribution in [2.24, 2.45) is 15.7 Å². The minimum absolute atomic E-state index is 0.000882. The molecule has 4 N–H and O–H groups in total. The first-order valence-electron chi connectivity index (χ1n) is 8.53. The molecule has 1 spiro atoms. The van der Waals surface area contributed by atoms with Gasteiger partial charge in [0.05, 0.1) is 18.5 Å². The van der Waals surface area contributed by atoms with Crippen LogP contribution in [-0.4, -0.2) is 30.8 Å². The fraction of sp³-hybridized carbons (Fsp3) is 0.158. The van der Waals surface area contributed by atoms with Crippen molar-refractivity contribution in [1.82, 2.24) is 5.32 Å². The van der Waals surface area contributed by atoms with E-state index in [0.717, 1.165) is 4.90 Å². The highest BCUT2D eigenvalue weighted by molar-refractivity contribution is 6.24. The Labute approximate surface area is 160 Å². The third-order valence-electron chi connectivity index (χ3n) is 4.50. The molecule has 9 nitrogen and oxygen atoms in total. The van der Waals surface area contributed by atoms with Crippen LogP contribution < -0.4 is 26.0 Å². The number of fused-ring (bicyclic) bond motifs is 2. The van der Waals surface area contributed by atoms with Gasteiger partial charge in [0.2, 0.25) is 11.9 Å². The maximum Gasteiger partial charge on any atom is 0.289 e. The van der Waals surface area contributed by atoms with Gasteiger partial charge in [-0.2, -0.15) is 0 Å². The number of nitrogens with one attached hydrogen (secondary N) is 2. The number of guanidine groups is 2. The van der Waals surface area contributed by atoms with E-state index in [9.17, 15) is 9.59 Å². The number of carbonyl (C=O) groups is 2. The molecule has 0 bridgehead atoms. The zero-order valence-electron chi connectivity index (χ0n) is 15.3. The Morgan fingerprint density at radius 3 is 2.64 bits per heavy atom. The number of hydrogen-bond acceptors (Lipinski definition) is 8. The van der Waals surface area contributed by atoms with Crippen molar-refractivity contribution >= 4 is 35.1 Å². The van der Waals surface area contributed by atoms with Crippen LogP contribution in [0.25, 0.3) is 0 Å².